The molecule has 10 saturated heterocycles. The maximum absolute atomic E-state index is 12.4. The van der Waals surface area contributed by atoms with E-state index in [0.717, 1.165) is 271 Å². The number of amides is 8. The molecule has 5 atom stereocenters. The van der Waals surface area contributed by atoms with Gasteiger partial charge in [0.1, 0.15) is 0 Å². The van der Waals surface area contributed by atoms with Gasteiger partial charge in [-0.1, -0.05) is 171 Å². The predicted octanol–water partition coefficient (Wildman–Crippen LogP) is 17.2. The molecule has 800 valence electrons. The standard InChI is InChI=1S/C20H36N2O2.C19H34N2O2.2C16H30N2O2.C15H28N2O2S.C15H28N2O2.C11H23N/c1-20(2,3)14-18(23)22-11-9-15(10-12-22)13-16-7-6-8-17(16)19(24)21(4)5;1-19(2,3)13-17(22)21-10-8-14(9-11-21)12-15-6-5-7-16(15)18(23)20-4;1-16(2,3)11-15(19)18-8-5-13(6-9-18)17(4)14-7-10-20-12-14;1-16(2,3)13-15(19)18-8-5-14(6-9-18)17-7-4-11-20-12-10-17;1-15(2,3)12-14(18)17-6-4-13(5-7-17)16-8-10-20(19)11-9-16;1-15(2,3)9-14(18)17-7-5-12(6-8-17)16(4)13-10-19-11-13;1-10(2)8-9-12-11-6-4-3-5-7-11/h15-17H,6-14H2,1-5H3;14-16H,5-13H2,1-4H3,(H,20,23);13-14H,5-12H2,1-4H3;14H,4-13H2,1-3H3;13H,4-12H2,1-3H3;12-13H,5-11H2,1-4H3;10-12H,3-9H2,1-2H3/t16?,17-;15?,16-;14-;;;;/m110..../s1. The SMILES string of the molecule is CC(C)(C)CC(=O)N1CCC(N2CCCOCC2)CC1.CC(C)(C)CC(=O)N1CCC(N2CCS(=O)CC2)CC1.CC(C)CCNC1CCCCC1.CN(C)C(=O)[C@@H]1CCCC1CC1CCN(C(=O)CC(C)(C)C)CC1.CN(C1CCN(C(=O)CC(C)(C)C)CC1)C1COC1.CN(C1CCN(C(=O)CC(C)(C)C)CC1)[C@H]1CCOC1.CNC(=O)[C@@H]1CCCC1CC1CCN(C(=O)CC(C)(C)C)CC1. The number of piperidine rings is 6. The molecule has 3 aliphatic carbocycles. The first-order valence-electron chi connectivity index (χ1n) is 55.6. The monoisotopic (exact) mass is 1960 g/mol. The summed E-state index contributed by atoms with van der Waals surface area (Å²) in [7, 11) is 9.31. The quantitative estimate of drug-likeness (QED) is 0.102. The molecule has 0 radical (unpaired) electrons. The Balaban J connectivity index is 0.000000221. The van der Waals surface area contributed by atoms with Crippen LogP contribution in [0.2, 0.25) is 0 Å². The molecule has 13 aliphatic rings. The van der Waals surface area contributed by atoms with Gasteiger partial charge >= 0.3 is 0 Å². The molecular weight excluding hydrogens is 1750 g/mol. The first-order valence-corrected chi connectivity index (χ1v) is 57.1. The van der Waals surface area contributed by atoms with E-state index in [4.69, 9.17) is 14.2 Å². The van der Waals surface area contributed by atoms with Crippen LogP contribution in [0.5, 0.6) is 0 Å². The van der Waals surface area contributed by atoms with Crippen LogP contribution in [0.25, 0.3) is 0 Å². The summed E-state index contributed by atoms with van der Waals surface area (Å²) in [6.45, 7) is 64.4. The summed E-state index contributed by atoms with van der Waals surface area (Å²) >= 11 is 0. The van der Waals surface area contributed by atoms with Crippen LogP contribution in [-0.4, -0.2) is 345 Å². The molecule has 26 heteroatoms. The Morgan fingerprint density at radius 1 is 0.348 bits per heavy atom. The van der Waals surface area contributed by atoms with E-state index in [9.17, 15) is 42.6 Å². The molecule has 3 saturated carbocycles. The fourth-order valence-corrected chi connectivity index (χ4v) is 23.9. The van der Waals surface area contributed by atoms with Crippen molar-refractivity contribution in [2.45, 2.75) is 399 Å². The van der Waals surface area contributed by atoms with Gasteiger partial charge in [0.15, 0.2) is 0 Å². The molecule has 8 amide bonds. The molecule has 13 fully saturated rings. The number of nitrogens with zero attached hydrogens (tertiary/aromatic N) is 11. The van der Waals surface area contributed by atoms with Crippen LogP contribution in [0.1, 0.15) is 357 Å². The van der Waals surface area contributed by atoms with E-state index in [1.54, 1.807) is 11.9 Å². The van der Waals surface area contributed by atoms with Crippen molar-refractivity contribution in [3.63, 3.8) is 0 Å². The van der Waals surface area contributed by atoms with Gasteiger partial charge in [-0.25, -0.2) is 0 Å². The van der Waals surface area contributed by atoms with Gasteiger partial charge in [0, 0.05) is 248 Å². The summed E-state index contributed by atoms with van der Waals surface area (Å²) in [6.07, 6.45) is 37.1. The highest BCUT2D eigenvalue weighted by atomic mass is 32.2. The summed E-state index contributed by atoms with van der Waals surface area (Å²) < 4.78 is 27.7. The fourth-order valence-electron chi connectivity index (χ4n) is 22.8. The Hall–Kier alpha value is -4.41. The van der Waals surface area contributed by atoms with E-state index in [2.05, 4.69) is 198 Å². The van der Waals surface area contributed by atoms with Crippen molar-refractivity contribution >= 4 is 58.1 Å². The lowest BCUT2D eigenvalue weighted by atomic mass is 9.81. The third-order valence-corrected chi connectivity index (χ3v) is 32.6. The third kappa shape index (κ3) is 45.7. The fraction of sp³-hybridized carbons (Fsp3) is 0.929. The average molecular weight is 1960 g/mol. The van der Waals surface area contributed by atoms with Crippen molar-refractivity contribution in [3.05, 3.63) is 0 Å². The van der Waals surface area contributed by atoms with Crippen LogP contribution in [0.4, 0.5) is 0 Å². The number of hydrogen-bond acceptors (Lipinski definition) is 17. The van der Waals surface area contributed by atoms with E-state index in [-0.39, 0.29) is 50.2 Å². The van der Waals surface area contributed by atoms with E-state index >= 15 is 0 Å². The smallest absolute Gasteiger partial charge is 0.225 e. The molecule has 2 unspecified atom stereocenters. The molecule has 0 aromatic rings. The van der Waals surface area contributed by atoms with Gasteiger partial charge in [0.05, 0.1) is 32.5 Å². The Morgan fingerprint density at radius 2 is 0.696 bits per heavy atom. The Bertz CT molecular complexity index is 3490. The highest BCUT2D eigenvalue weighted by molar-refractivity contribution is 7.85. The van der Waals surface area contributed by atoms with Crippen molar-refractivity contribution in [3.8, 4) is 0 Å². The van der Waals surface area contributed by atoms with Crippen molar-refractivity contribution < 1.29 is 56.8 Å². The molecule has 0 bridgehead atoms. The molecule has 25 nitrogen and oxygen atoms in total. The zero-order valence-corrected chi connectivity index (χ0v) is 93.8. The van der Waals surface area contributed by atoms with Crippen LogP contribution in [0.15, 0.2) is 0 Å². The topological polar surface area (TPSA) is 241 Å². The lowest BCUT2D eigenvalue weighted by Crippen LogP contribution is -2.54. The minimum Gasteiger partial charge on any atom is -0.380 e. The van der Waals surface area contributed by atoms with Gasteiger partial charge < -0.3 is 59.1 Å². The van der Waals surface area contributed by atoms with Gasteiger partial charge in [0.2, 0.25) is 47.3 Å². The number of likely N-dealkylation sites (N-methyl/N-ethyl adjacent to an activating group) is 2. The van der Waals surface area contributed by atoms with Gasteiger partial charge in [-0.15, -0.1) is 0 Å². The average Bonchev–Trinajstić information content (AvgIpc) is 1.11. The van der Waals surface area contributed by atoms with Gasteiger partial charge in [-0.3, -0.25) is 62.2 Å². The van der Waals surface area contributed by atoms with Crippen LogP contribution in [0.3, 0.4) is 0 Å². The second kappa shape index (κ2) is 58.8. The molecule has 2 N–H and O–H groups in total. The van der Waals surface area contributed by atoms with Crippen molar-refractivity contribution in [2.75, 3.05) is 198 Å². The van der Waals surface area contributed by atoms with E-state index in [0.29, 0.717) is 140 Å². The van der Waals surface area contributed by atoms with Gasteiger partial charge in [0.25, 0.3) is 0 Å². The maximum atomic E-state index is 12.4. The van der Waals surface area contributed by atoms with Crippen molar-refractivity contribution in [1.29, 1.82) is 0 Å². The van der Waals surface area contributed by atoms with E-state index in [1.807, 2.05) is 28.8 Å². The molecule has 0 aromatic carbocycles. The summed E-state index contributed by atoms with van der Waals surface area (Å²) in [5, 5.41) is 6.48. The number of nitrogens with one attached hydrogen (secondary N) is 2. The van der Waals surface area contributed by atoms with Crippen LogP contribution >= 0.6 is 0 Å². The van der Waals surface area contributed by atoms with Crippen molar-refractivity contribution in [1.82, 2.24) is 64.5 Å². The number of likely N-dealkylation sites (tertiary alicyclic amines) is 6. The molecule has 0 aromatic heterocycles. The minimum absolute atomic E-state index is 0.0670. The second-order valence-electron chi connectivity index (χ2n) is 51.8. The number of carbonyl (C=O) groups excluding carboxylic acids is 8. The number of hydrogen-bond donors (Lipinski definition) is 2. The van der Waals surface area contributed by atoms with Crippen LogP contribution in [0, 0.1) is 73.9 Å². The predicted molar refractivity (Wildman–Crippen MR) is 565 cm³/mol. The highest BCUT2D eigenvalue weighted by Gasteiger charge is 2.42. The molecular formula is C112H209N13O12S. The summed E-state index contributed by atoms with van der Waals surface area (Å²) in [5.41, 5.74) is 0.483. The first-order chi connectivity index (χ1) is 64.8. The Kier molecular flexibility index (Phi) is 51.4. The van der Waals surface area contributed by atoms with E-state index < -0.39 is 10.8 Å². The zero-order chi connectivity index (χ0) is 102. The Labute approximate surface area is 845 Å². The number of rotatable bonds is 22. The largest absolute Gasteiger partial charge is 0.380 e. The number of ether oxygens (including phenoxy) is 3. The first kappa shape index (κ1) is 121. The van der Waals surface area contributed by atoms with Crippen LogP contribution in [-0.2, 0) is 63.4 Å². The summed E-state index contributed by atoms with van der Waals surface area (Å²) in [5.74, 6) is 7.86. The highest BCUT2D eigenvalue weighted by Crippen LogP contribution is 2.42. The molecule has 0 spiro atoms. The lowest BCUT2D eigenvalue weighted by Gasteiger charge is -2.43. The van der Waals surface area contributed by atoms with E-state index in [1.165, 1.54) is 83.6 Å². The van der Waals surface area contributed by atoms with Gasteiger partial charge in [-0.2, -0.15) is 0 Å². The van der Waals surface area contributed by atoms with Crippen LogP contribution < -0.4 is 10.6 Å². The molecule has 10 heterocycles. The zero-order valence-electron chi connectivity index (χ0n) is 93.0. The normalized spacial score (nSPS) is 24.4. The lowest BCUT2D eigenvalue weighted by molar-refractivity contribution is -0.136. The summed E-state index contributed by atoms with van der Waals surface area (Å²) in [6, 6.07) is 4.49. The molecule has 138 heavy (non-hydrogen) atoms. The summed E-state index contributed by atoms with van der Waals surface area (Å²) in [4.78, 5) is 122. The maximum Gasteiger partial charge on any atom is 0.225 e. The van der Waals surface area contributed by atoms with Gasteiger partial charge in [-0.05, 0) is 230 Å². The Morgan fingerprint density at radius 3 is 1.04 bits per heavy atom. The third-order valence-electron chi connectivity index (χ3n) is 31.3. The minimum atomic E-state index is -0.597. The number of carbonyl (C=O) groups is 8. The molecule has 10 aliphatic heterocycles. The second-order valence-corrected chi connectivity index (χ2v) is 53.5. The van der Waals surface area contributed by atoms with Crippen molar-refractivity contribution in [2.24, 2.45) is 73.9 Å². The molecule has 13 rings (SSSR count).